The molecule has 4 aliphatic rings. The van der Waals surface area contributed by atoms with Crippen molar-refractivity contribution in [3.05, 3.63) is 58.7 Å². The van der Waals surface area contributed by atoms with Crippen LogP contribution in [0.15, 0.2) is 46.2 Å². The van der Waals surface area contributed by atoms with Gasteiger partial charge < -0.3 is 10.6 Å². The SMILES string of the molecule is O=C(NC1CCC1)C1C(=O)c2ccc(S(=O)(=O)c3ccc4c(c3)C(=O)C(C(=O)NC3CCC3)C4=O)cc2C1=O.[HH].[HH]. The summed E-state index contributed by atoms with van der Waals surface area (Å²) in [4.78, 5) is 76.2. The lowest BCUT2D eigenvalue weighted by Crippen LogP contribution is -2.45. The molecule has 2 aromatic carbocycles. The Kier molecular flexibility index (Phi) is 5.87. The summed E-state index contributed by atoms with van der Waals surface area (Å²) in [6.45, 7) is 0. The Hall–Kier alpha value is -3.99. The van der Waals surface area contributed by atoms with E-state index in [1.807, 2.05) is 0 Å². The van der Waals surface area contributed by atoms with E-state index in [1.54, 1.807) is 0 Å². The number of ketones is 4. The van der Waals surface area contributed by atoms with E-state index in [-0.39, 0.29) is 47.0 Å². The molecule has 2 atom stereocenters. The van der Waals surface area contributed by atoms with Crippen molar-refractivity contribution < 1.29 is 40.0 Å². The van der Waals surface area contributed by atoms with Crippen molar-refractivity contribution in [1.82, 2.24) is 10.6 Å². The highest BCUT2D eigenvalue weighted by molar-refractivity contribution is 7.91. The lowest BCUT2D eigenvalue weighted by Gasteiger charge is -2.27. The van der Waals surface area contributed by atoms with Crippen LogP contribution in [0.4, 0.5) is 0 Å². The molecule has 0 bridgehead atoms. The van der Waals surface area contributed by atoms with Crippen LogP contribution in [0.1, 0.15) is 82.8 Å². The van der Waals surface area contributed by atoms with Gasteiger partial charge in [-0.2, -0.15) is 0 Å². The van der Waals surface area contributed by atoms with Gasteiger partial charge >= 0.3 is 0 Å². The lowest BCUT2D eigenvalue weighted by molar-refractivity contribution is -0.124. The number of hydrogen-bond donors (Lipinski definition) is 2. The third kappa shape index (κ3) is 3.94. The number of hydrogen-bond acceptors (Lipinski definition) is 8. The van der Waals surface area contributed by atoms with Gasteiger partial charge in [-0.15, -0.1) is 0 Å². The smallest absolute Gasteiger partial charge is 0.239 e. The number of carbonyl (C=O) groups is 6. The highest BCUT2D eigenvalue weighted by Gasteiger charge is 2.46. The third-order valence-corrected chi connectivity index (χ3v) is 9.89. The number of amides is 2. The fourth-order valence-corrected chi connectivity index (χ4v) is 6.68. The lowest BCUT2D eigenvalue weighted by atomic mass is 9.92. The minimum absolute atomic E-state index is 0. The van der Waals surface area contributed by atoms with E-state index in [0.717, 1.165) is 50.7 Å². The molecule has 0 radical (unpaired) electrons. The number of Topliss-reactive ketones (excluding diaryl/α,β-unsaturated/α-hetero) is 4. The summed E-state index contributed by atoms with van der Waals surface area (Å²) in [6, 6.07) is 6.74. The largest absolute Gasteiger partial charge is 0.352 e. The second kappa shape index (κ2) is 9.04. The van der Waals surface area contributed by atoms with Gasteiger partial charge in [-0.05, 0) is 74.9 Å². The molecular weight excluding hydrogens is 524 g/mol. The van der Waals surface area contributed by atoms with Gasteiger partial charge in [0.2, 0.25) is 21.7 Å². The van der Waals surface area contributed by atoms with Gasteiger partial charge in [0, 0.05) is 37.2 Å². The zero-order valence-electron chi connectivity index (χ0n) is 20.7. The standard InChI is InChI=1S/C28H24N2O8S.2H2/c31-23-17-9-7-15(11-19(17)25(33)21(23)27(35)29-13-3-1-4-13)39(37,38)16-8-10-18-20(12-16)26(34)22(24(18)32)28(36)30-14-5-2-6-14;;/h7-14,21-22H,1-6H2,(H,29,35)(H,30,36);2*1H. The Morgan fingerprint density at radius 3 is 1.31 bits per heavy atom. The van der Waals surface area contributed by atoms with Crippen molar-refractivity contribution in [2.24, 2.45) is 11.8 Å². The van der Waals surface area contributed by atoms with Gasteiger partial charge in [-0.25, -0.2) is 8.42 Å². The molecule has 4 aliphatic carbocycles. The first kappa shape index (κ1) is 25.3. The molecule has 6 rings (SSSR count). The summed E-state index contributed by atoms with van der Waals surface area (Å²) in [5, 5.41) is 5.40. The number of nitrogens with one attached hydrogen (secondary N) is 2. The van der Waals surface area contributed by atoms with E-state index in [9.17, 15) is 37.2 Å². The zero-order chi connectivity index (χ0) is 27.6. The first-order valence-corrected chi connectivity index (χ1v) is 14.4. The number of rotatable bonds is 6. The van der Waals surface area contributed by atoms with Crippen LogP contribution in [0.2, 0.25) is 0 Å². The molecule has 2 N–H and O–H groups in total. The van der Waals surface area contributed by atoms with E-state index in [4.69, 9.17) is 0 Å². The van der Waals surface area contributed by atoms with Crippen LogP contribution in [0.25, 0.3) is 0 Å². The first-order valence-electron chi connectivity index (χ1n) is 12.9. The summed E-state index contributed by atoms with van der Waals surface area (Å²) in [5.74, 6) is -7.36. The number of benzene rings is 2. The summed E-state index contributed by atoms with van der Waals surface area (Å²) in [5.41, 5.74) is -0.365. The Bertz CT molecular complexity index is 1520. The topological polar surface area (TPSA) is 161 Å². The zero-order valence-corrected chi connectivity index (χ0v) is 21.5. The highest BCUT2D eigenvalue weighted by atomic mass is 32.2. The molecule has 0 heterocycles. The van der Waals surface area contributed by atoms with E-state index in [1.165, 1.54) is 24.3 Å². The Labute approximate surface area is 226 Å². The van der Waals surface area contributed by atoms with Crippen molar-refractivity contribution in [3.63, 3.8) is 0 Å². The van der Waals surface area contributed by atoms with Crippen LogP contribution >= 0.6 is 0 Å². The van der Waals surface area contributed by atoms with E-state index < -0.39 is 56.6 Å². The molecular formula is C28H28N2O8S. The molecule has 2 fully saturated rings. The number of sulfone groups is 1. The molecule has 2 aromatic rings. The summed E-state index contributed by atoms with van der Waals surface area (Å²) in [6.07, 6.45) is 5.01. The highest BCUT2D eigenvalue weighted by Crippen LogP contribution is 2.34. The molecule has 0 aliphatic heterocycles. The summed E-state index contributed by atoms with van der Waals surface area (Å²) in [7, 11) is -4.30. The van der Waals surface area contributed by atoms with E-state index >= 15 is 0 Å². The molecule has 2 amide bonds. The van der Waals surface area contributed by atoms with Gasteiger partial charge in [-0.3, -0.25) is 28.8 Å². The molecule has 0 saturated heterocycles. The maximum atomic E-state index is 13.5. The quantitative estimate of drug-likeness (QED) is 0.516. The van der Waals surface area contributed by atoms with Crippen LogP contribution in [-0.4, -0.2) is 55.4 Å². The molecule has 39 heavy (non-hydrogen) atoms. The Balaban J connectivity index is 0.00000194. The minimum Gasteiger partial charge on any atom is -0.352 e. The van der Waals surface area contributed by atoms with Crippen molar-refractivity contribution in [3.8, 4) is 0 Å². The third-order valence-electron chi connectivity index (χ3n) is 8.14. The average Bonchev–Trinajstić information content (AvgIpc) is 3.27. The molecule has 11 heteroatoms. The Morgan fingerprint density at radius 1 is 0.615 bits per heavy atom. The monoisotopic (exact) mass is 552 g/mol. The van der Waals surface area contributed by atoms with Crippen molar-refractivity contribution in [2.45, 2.75) is 60.4 Å². The fraction of sp³-hybridized carbons (Fsp3) is 0.357. The van der Waals surface area contributed by atoms with Gasteiger partial charge in [-0.1, -0.05) is 0 Å². The van der Waals surface area contributed by atoms with Gasteiger partial charge in [0.25, 0.3) is 0 Å². The molecule has 2 unspecified atom stereocenters. The fourth-order valence-electron chi connectivity index (χ4n) is 5.37. The summed E-state index contributed by atoms with van der Waals surface area (Å²) >= 11 is 0. The van der Waals surface area contributed by atoms with Crippen LogP contribution in [0, 0.1) is 11.8 Å². The van der Waals surface area contributed by atoms with Gasteiger partial charge in [0.15, 0.2) is 35.0 Å². The number of fused-ring (bicyclic) bond motifs is 2. The van der Waals surface area contributed by atoms with Crippen LogP contribution in [0.3, 0.4) is 0 Å². The Morgan fingerprint density at radius 2 is 0.974 bits per heavy atom. The average molecular weight is 553 g/mol. The minimum atomic E-state index is -4.30. The van der Waals surface area contributed by atoms with Crippen LogP contribution in [-0.2, 0) is 19.4 Å². The predicted octanol–water partition coefficient (Wildman–Crippen LogP) is 2.34. The normalized spacial score (nSPS) is 22.7. The molecule has 2 saturated carbocycles. The van der Waals surface area contributed by atoms with Crippen LogP contribution < -0.4 is 10.6 Å². The van der Waals surface area contributed by atoms with Crippen molar-refractivity contribution in [1.29, 1.82) is 0 Å². The maximum Gasteiger partial charge on any atom is 0.239 e. The van der Waals surface area contributed by atoms with E-state index in [2.05, 4.69) is 10.6 Å². The summed E-state index contributed by atoms with van der Waals surface area (Å²) < 4.78 is 26.9. The molecule has 204 valence electrons. The maximum absolute atomic E-state index is 13.5. The first-order chi connectivity index (χ1) is 18.6. The van der Waals surface area contributed by atoms with Crippen LogP contribution in [0.5, 0.6) is 0 Å². The van der Waals surface area contributed by atoms with Gasteiger partial charge in [0.1, 0.15) is 0 Å². The van der Waals surface area contributed by atoms with Crippen molar-refractivity contribution in [2.75, 3.05) is 0 Å². The predicted molar refractivity (Wildman–Crippen MR) is 138 cm³/mol. The molecule has 0 spiro atoms. The second-order valence-electron chi connectivity index (χ2n) is 10.5. The number of carbonyl (C=O) groups excluding carboxylic acids is 6. The van der Waals surface area contributed by atoms with E-state index in [0.29, 0.717) is 0 Å². The van der Waals surface area contributed by atoms with Crippen molar-refractivity contribution >= 4 is 44.8 Å². The second-order valence-corrected chi connectivity index (χ2v) is 12.5. The molecule has 0 aromatic heterocycles. The molecule has 10 nitrogen and oxygen atoms in total. The van der Waals surface area contributed by atoms with Gasteiger partial charge in [0.05, 0.1) is 9.79 Å².